The van der Waals surface area contributed by atoms with Crippen molar-refractivity contribution in [2.45, 2.75) is 78.6 Å². The van der Waals surface area contributed by atoms with Crippen LogP contribution >= 0.6 is 0 Å². The molecule has 45 heavy (non-hydrogen) atoms. The van der Waals surface area contributed by atoms with Crippen LogP contribution in [-0.4, -0.2) is 82.2 Å². The molecule has 0 radical (unpaired) electrons. The molecule has 0 unspecified atom stereocenters. The van der Waals surface area contributed by atoms with Gasteiger partial charge >= 0.3 is 6.09 Å². The number of pyridine rings is 1. The van der Waals surface area contributed by atoms with Crippen molar-refractivity contribution in [3.8, 4) is 16.9 Å². The molecular formula is C33H50N4O6SSi. The van der Waals surface area contributed by atoms with Gasteiger partial charge in [-0.2, -0.15) is 0 Å². The van der Waals surface area contributed by atoms with E-state index in [0.29, 0.717) is 38.7 Å². The van der Waals surface area contributed by atoms with Crippen molar-refractivity contribution in [3.63, 3.8) is 0 Å². The van der Waals surface area contributed by atoms with Crippen molar-refractivity contribution in [2.24, 2.45) is 5.41 Å². The summed E-state index contributed by atoms with van der Waals surface area (Å²) in [6, 6.07) is 10.4. The molecule has 3 heterocycles. The van der Waals surface area contributed by atoms with Crippen LogP contribution < -0.4 is 9.04 Å². The Morgan fingerprint density at radius 1 is 1.09 bits per heavy atom. The number of nitrogens with zero attached hydrogens (tertiary/aromatic N) is 4. The number of likely N-dealkylation sites (tertiary alicyclic amines) is 1. The molecule has 0 N–H and O–H groups in total. The number of benzene rings is 1. The summed E-state index contributed by atoms with van der Waals surface area (Å²) < 4.78 is 45.7. The Labute approximate surface area is 269 Å². The third-order valence-electron chi connectivity index (χ3n) is 8.18. The average molecular weight is 659 g/mol. The minimum atomic E-state index is -3.38. The molecule has 1 aromatic carbocycles. The second-order valence-corrected chi connectivity index (χ2v) is 22.3. The van der Waals surface area contributed by atoms with Crippen LogP contribution in [0, 0.1) is 5.41 Å². The summed E-state index contributed by atoms with van der Waals surface area (Å²) in [5.41, 5.74) is 2.55. The van der Waals surface area contributed by atoms with E-state index in [1.807, 2.05) is 49.7 Å². The van der Waals surface area contributed by atoms with Gasteiger partial charge < -0.3 is 23.7 Å². The maximum atomic E-state index is 12.6. The van der Waals surface area contributed by atoms with Crippen LogP contribution in [0.25, 0.3) is 22.2 Å². The largest absolute Gasteiger partial charge is 0.492 e. The molecule has 1 aliphatic heterocycles. The summed E-state index contributed by atoms with van der Waals surface area (Å²) >= 11 is 0. The lowest BCUT2D eigenvalue weighted by Crippen LogP contribution is -2.46. The van der Waals surface area contributed by atoms with Gasteiger partial charge in [0.2, 0.25) is 10.0 Å². The van der Waals surface area contributed by atoms with Gasteiger partial charge in [0.05, 0.1) is 23.9 Å². The van der Waals surface area contributed by atoms with Gasteiger partial charge in [0.15, 0.2) is 0 Å². The van der Waals surface area contributed by atoms with Crippen molar-refractivity contribution >= 4 is 40.9 Å². The van der Waals surface area contributed by atoms with Crippen molar-refractivity contribution in [1.82, 2.24) is 14.5 Å². The second-order valence-electron chi connectivity index (χ2n) is 14.7. The third kappa shape index (κ3) is 9.23. The normalized spacial score (nSPS) is 15.7. The maximum absolute atomic E-state index is 12.6. The minimum absolute atomic E-state index is 0.116. The first-order valence-corrected chi connectivity index (χ1v) is 21.1. The lowest BCUT2D eigenvalue weighted by atomic mass is 9.81. The monoisotopic (exact) mass is 658 g/mol. The summed E-state index contributed by atoms with van der Waals surface area (Å²) in [5, 5.41) is 0.880. The number of aromatic nitrogens is 2. The van der Waals surface area contributed by atoms with E-state index in [-0.39, 0.29) is 11.5 Å². The highest BCUT2D eigenvalue weighted by Crippen LogP contribution is 2.39. The highest BCUT2D eigenvalue weighted by molar-refractivity contribution is 7.92. The Balaban J connectivity index is 1.59. The van der Waals surface area contributed by atoms with Gasteiger partial charge in [-0.3, -0.25) is 4.31 Å². The minimum Gasteiger partial charge on any atom is -0.492 e. The number of ether oxygens (including phenoxy) is 3. The molecule has 10 nitrogen and oxygen atoms in total. The third-order valence-corrected chi connectivity index (χ3v) is 11.1. The fourth-order valence-electron chi connectivity index (χ4n) is 5.16. The van der Waals surface area contributed by atoms with Gasteiger partial charge in [-0.25, -0.2) is 18.2 Å². The zero-order valence-electron chi connectivity index (χ0n) is 28.3. The number of carbonyl (C=O) groups excluding carboxylic acids is 1. The molecule has 3 aromatic rings. The van der Waals surface area contributed by atoms with Crippen LogP contribution in [0.1, 0.15) is 40.5 Å². The van der Waals surface area contributed by atoms with Crippen LogP contribution in [0.5, 0.6) is 5.75 Å². The lowest BCUT2D eigenvalue weighted by Gasteiger charge is -2.39. The summed E-state index contributed by atoms with van der Waals surface area (Å²) in [5.74, 6) is 0.726. The fraction of sp³-hybridized carbons (Fsp3) is 0.576. The average Bonchev–Trinajstić information content (AvgIpc) is 3.31. The van der Waals surface area contributed by atoms with Gasteiger partial charge in [-0.05, 0) is 63.4 Å². The molecule has 0 spiro atoms. The summed E-state index contributed by atoms with van der Waals surface area (Å²) in [7, 11) is -3.07. The quantitative estimate of drug-likeness (QED) is 0.164. The summed E-state index contributed by atoms with van der Waals surface area (Å²) in [6.45, 7) is 17.6. The van der Waals surface area contributed by atoms with Crippen molar-refractivity contribution < 1.29 is 27.4 Å². The van der Waals surface area contributed by atoms with Gasteiger partial charge in [-0.1, -0.05) is 38.7 Å². The molecule has 1 aliphatic rings. The van der Waals surface area contributed by atoms with Gasteiger partial charge in [0.25, 0.3) is 0 Å². The van der Waals surface area contributed by atoms with Gasteiger partial charge in [0.1, 0.15) is 23.7 Å². The fourth-order valence-corrected chi connectivity index (χ4v) is 6.42. The molecular weight excluding hydrogens is 609 g/mol. The first-order valence-electron chi connectivity index (χ1n) is 15.6. The first-order chi connectivity index (χ1) is 20.9. The zero-order chi connectivity index (χ0) is 33.2. The zero-order valence-corrected chi connectivity index (χ0v) is 30.2. The molecule has 12 heteroatoms. The number of amides is 1. The van der Waals surface area contributed by atoms with Crippen LogP contribution in [-0.2, 0) is 26.2 Å². The molecule has 1 fully saturated rings. The number of piperidine rings is 1. The van der Waals surface area contributed by atoms with Crippen LogP contribution in [0.4, 0.5) is 10.5 Å². The Kier molecular flexibility index (Phi) is 10.3. The van der Waals surface area contributed by atoms with E-state index >= 15 is 0 Å². The van der Waals surface area contributed by atoms with Crippen LogP contribution in [0.15, 0.2) is 42.7 Å². The Bertz CT molecular complexity index is 1580. The van der Waals surface area contributed by atoms with Crippen LogP contribution in [0.2, 0.25) is 25.7 Å². The highest BCUT2D eigenvalue weighted by Gasteiger charge is 2.34. The van der Waals surface area contributed by atoms with E-state index in [4.69, 9.17) is 19.2 Å². The van der Waals surface area contributed by atoms with Gasteiger partial charge in [-0.15, -0.1) is 0 Å². The maximum Gasteiger partial charge on any atom is 0.410 e. The van der Waals surface area contributed by atoms with E-state index < -0.39 is 23.7 Å². The number of hydrogen-bond donors (Lipinski definition) is 0. The number of sulfonamides is 1. The van der Waals surface area contributed by atoms with E-state index in [0.717, 1.165) is 46.8 Å². The molecule has 248 valence electrons. The lowest BCUT2D eigenvalue weighted by molar-refractivity contribution is 0.00602. The molecule has 4 rings (SSSR count). The molecule has 0 aliphatic carbocycles. The number of hydrogen-bond acceptors (Lipinski definition) is 7. The smallest absolute Gasteiger partial charge is 0.410 e. The van der Waals surface area contributed by atoms with Crippen molar-refractivity contribution in [3.05, 3.63) is 42.7 Å². The number of fused-ring (bicyclic) bond motifs is 1. The molecule has 2 aromatic heterocycles. The molecule has 0 bridgehead atoms. The van der Waals surface area contributed by atoms with Crippen molar-refractivity contribution in [2.75, 3.05) is 43.9 Å². The van der Waals surface area contributed by atoms with Crippen LogP contribution in [0.3, 0.4) is 0 Å². The molecule has 0 saturated carbocycles. The summed E-state index contributed by atoms with van der Waals surface area (Å²) in [6.07, 6.45) is 6.32. The topological polar surface area (TPSA) is 103 Å². The highest BCUT2D eigenvalue weighted by atomic mass is 32.2. The number of anilines is 1. The Hall–Kier alpha value is -3.09. The molecule has 1 amide bonds. The Morgan fingerprint density at radius 2 is 1.73 bits per heavy atom. The van der Waals surface area contributed by atoms with Gasteiger partial charge in [0, 0.05) is 58.2 Å². The second kappa shape index (κ2) is 13.3. The number of rotatable bonds is 11. The SMILES string of the molecule is CN(c1ccc(-c2cn(COCC[Si](C)(C)C)c3nccc(OCC4(C)CCN(C(=O)OC(C)(C)C)CC4)c23)cc1)S(C)(=O)=O. The predicted molar refractivity (Wildman–Crippen MR) is 183 cm³/mol. The van der Waals surface area contributed by atoms with Crippen molar-refractivity contribution in [1.29, 1.82) is 0 Å². The van der Waals surface area contributed by atoms with E-state index in [1.165, 1.54) is 10.6 Å². The standard InChI is InChI=1S/C33H50N4O6SSi/c1-32(2,3)43-31(38)36-18-15-33(4,16-19-36)23-42-28-14-17-34-30-29(28)27(22-37(30)24-41-20-21-45(7,8)9)25-10-12-26(13-11-25)35(5)44(6,39)40/h10-14,17,22H,15-16,18-21,23-24H2,1-9H3. The van der Waals surface area contributed by atoms with E-state index in [1.54, 1.807) is 30.3 Å². The predicted octanol–water partition coefficient (Wildman–Crippen LogP) is 6.83. The Morgan fingerprint density at radius 3 is 2.31 bits per heavy atom. The molecule has 1 saturated heterocycles. The van der Waals surface area contributed by atoms with E-state index in [2.05, 4.69) is 26.6 Å². The summed E-state index contributed by atoms with van der Waals surface area (Å²) in [4.78, 5) is 19.1. The first kappa shape index (κ1) is 34.8. The number of carbonyl (C=O) groups is 1. The van der Waals surface area contributed by atoms with E-state index in [9.17, 15) is 13.2 Å². The molecule has 0 atom stereocenters.